The van der Waals surface area contributed by atoms with Gasteiger partial charge in [0.2, 0.25) is 0 Å². The van der Waals surface area contributed by atoms with Gasteiger partial charge in [-0.05, 0) is 56.0 Å². The van der Waals surface area contributed by atoms with Crippen LogP contribution < -0.4 is 0 Å². The molecule has 0 bridgehead atoms. The Morgan fingerprint density at radius 1 is 1.40 bits per heavy atom. The second kappa shape index (κ2) is 9.27. The number of benzene rings is 1. The molecule has 0 spiro atoms. The van der Waals surface area contributed by atoms with Gasteiger partial charge >= 0.3 is 0 Å². The quantitative estimate of drug-likeness (QED) is 0.813. The highest BCUT2D eigenvalue weighted by molar-refractivity contribution is 5.95. The maximum Gasteiger partial charge on any atom is 0.254 e. The molecular formula is C19H29FN2O3. The van der Waals surface area contributed by atoms with E-state index in [1.165, 1.54) is 12.1 Å². The number of carbonyl (C=O) groups is 1. The van der Waals surface area contributed by atoms with Gasteiger partial charge in [0.15, 0.2) is 0 Å². The number of likely N-dealkylation sites (tertiary alicyclic amines) is 1. The Morgan fingerprint density at radius 3 is 2.76 bits per heavy atom. The van der Waals surface area contributed by atoms with Gasteiger partial charge in [-0.3, -0.25) is 4.79 Å². The number of nitrogens with zero attached hydrogens (tertiary/aromatic N) is 2. The highest BCUT2D eigenvalue weighted by Gasteiger charge is 2.31. The van der Waals surface area contributed by atoms with Crippen LogP contribution >= 0.6 is 0 Å². The molecule has 2 atom stereocenters. The van der Waals surface area contributed by atoms with Crippen LogP contribution in [0.25, 0.3) is 0 Å². The van der Waals surface area contributed by atoms with Gasteiger partial charge in [-0.15, -0.1) is 0 Å². The van der Waals surface area contributed by atoms with Crippen LogP contribution in [0.3, 0.4) is 0 Å². The molecule has 1 fully saturated rings. The van der Waals surface area contributed by atoms with E-state index in [0.717, 1.165) is 19.5 Å². The fourth-order valence-corrected chi connectivity index (χ4v) is 3.57. The minimum Gasteiger partial charge on any atom is -0.396 e. The number of hydrogen-bond acceptors (Lipinski definition) is 4. The Kier molecular flexibility index (Phi) is 7.35. The van der Waals surface area contributed by atoms with E-state index in [4.69, 9.17) is 4.74 Å². The Bertz CT molecular complexity index is 582. The first-order chi connectivity index (χ1) is 11.9. The summed E-state index contributed by atoms with van der Waals surface area (Å²) in [4.78, 5) is 16.9. The third-order valence-electron chi connectivity index (χ3n) is 4.84. The minimum atomic E-state index is -0.335. The average molecular weight is 352 g/mol. The van der Waals surface area contributed by atoms with Crippen molar-refractivity contribution in [3.63, 3.8) is 0 Å². The first-order valence-electron chi connectivity index (χ1n) is 8.78. The van der Waals surface area contributed by atoms with Crippen molar-refractivity contribution < 1.29 is 19.0 Å². The van der Waals surface area contributed by atoms with Crippen LogP contribution in [0, 0.1) is 24.6 Å². The van der Waals surface area contributed by atoms with E-state index in [2.05, 4.69) is 4.90 Å². The van der Waals surface area contributed by atoms with Crippen molar-refractivity contribution in [3.05, 3.63) is 35.1 Å². The highest BCUT2D eigenvalue weighted by atomic mass is 19.1. The zero-order chi connectivity index (χ0) is 18.4. The van der Waals surface area contributed by atoms with Crippen molar-refractivity contribution in [1.29, 1.82) is 0 Å². The molecule has 0 radical (unpaired) electrons. The van der Waals surface area contributed by atoms with Crippen LogP contribution in [-0.2, 0) is 4.74 Å². The molecule has 140 valence electrons. The standard InChI is InChI=1S/C19H29FN2O3/c1-14-8-17(20)4-5-18(14)19(24)22-11-15(9-16(12-22)13-23)10-21(2)6-7-25-3/h4-5,8,15-16,23H,6-7,9-13H2,1-3H3/t15-,16+/m1/s1. The highest BCUT2D eigenvalue weighted by Crippen LogP contribution is 2.25. The second-order valence-corrected chi connectivity index (χ2v) is 7.07. The van der Waals surface area contributed by atoms with Crippen LogP contribution in [0.5, 0.6) is 0 Å². The number of hydrogen-bond donors (Lipinski definition) is 1. The minimum absolute atomic E-state index is 0.0739. The molecule has 0 aliphatic carbocycles. The topological polar surface area (TPSA) is 53.0 Å². The molecule has 25 heavy (non-hydrogen) atoms. The molecule has 1 aromatic carbocycles. The predicted molar refractivity (Wildman–Crippen MR) is 95.1 cm³/mol. The SMILES string of the molecule is COCCN(C)C[C@H]1C[C@H](CO)CN(C(=O)c2ccc(F)cc2C)C1. The van der Waals surface area contributed by atoms with Crippen LogP contribution in [0.4, 0.5) is 4.39 Å². The molecule has 2 rings (SSSR count). The molecule has 1 aromatic rings. The molecule has 0 saturated carbocycles. The van der Waals surface area contributed by atoms with Gasteiger partial charge in [0.1, 0.15) is 5.82 Å². The fourth-order valence-electron chi connectivity index (χ4n) is 3.57. The van der Waals surface area contributed by atoms with Crippen molar-refractivity contribution in [2.75, 3.05) is 53.6 Å². The van der Waals surface area contributed by atoms with Gasteiger partial charge < -0.3 is 19.6 Å². The Hall–Kier alpha value is -1.50. The molecule has 1 aliphatic heterocycles. The predicted octanol–water partition coefficient (Wildman–Crippen LogP) is 1.78. The molecule has 1 N–H and O–H groups in total. The number of aliphatic hydroxyl groups is 1. The summed E-state index contributed by atoms with van der Waals surface area (Å²) >= 11 is 0. The van der Waals surface area contributed by atoms with Gasteiger partial charge in [-0.2, -0.15) is 0 Å². The smallest absolute Gasteiger partial charge is 0.254 e. The van der Waals surface area contributed by atoms with Gasteiger partial charge in [0.25, 0.3) is 5.91 Å². The number of methoxy groups -OCH3 is 1. The van der Waals surface area contributed by atoms with Crippen LogP contribution in [0.2, 0.25) is 0 Å². The number of aliphatic hydroxyl groups excluding tert-OH is 1. The summed E-state index contributed by atoms with van der Waals surface area (Å²) in [5.41, 5.74) is 1.18. The molecule has 6 heteroatoms. The number of halogens is 1. The van der Waals surface area contributed by atoms with Crippen molar-refractivity contribution in [2.24, 2.45) is 11.8 Å². The van der Waals surface area contributed by atoms with Crippen molar-refractivity contribution in [2.45, 2.75) is 13.3 Å². The van der Waals surface area contributed by atoms with Gasteiger partial charge in [-0.25, -0.2) is 4.39 Å². The summed E-state index contributed by atoms with van der Waals surface area (Å²) in [5.74, 6) is -0.0319. The molecule has 1 aliphatic rings. The largest absolute Gasteiger partial charge is 0.396 e. The fraction of sp³-hybridized carbons (Fsp3) is 0.632. The lowest BCUT2D eigenvalue weighted by molar-refractivity contribution is 0.0450. The van der Waals surface area contributed by atoms with E-state index >= 15 is 0 Å². The summed E-state index contributed by atoms with van der Waals surface area (Å²) in [5, 5.41) is 9.62. The van der Waals surface area contributed by atoms with E-state index < -0.39 is 0 Å². The zero-order valence-corrected chi connectivity index (χ0v) is 15.4. The van der Waals surface area contributed by atoms with Gasteiger partial charge in [0, 0.05) is 45.5 Å². The molecule has 0 unspecified atom stereocenters. The number of piperidine rings is 1. The lowest BCUT2D eigenvalue weighted by atomic mass is 9.88. The van der Waals surface area contributed by atoms with Crippen molar-refractivity contribution in [3.8, 4) is 0 Å². The van der Waals surface area contributed by atoms with Crippen molar-refractivity contribution in [1.82, 2.24) is 9.80 Å². The maximum absolute atomic E-state index is 13.3. The first kappa shape index (κ1) is 19.8. The average Bonchev–Trinajstić information content (AvgIpc) is 2.59. The number of amides is 1. The van der Waals surface area contributed by atoms with E-state index in [1.807, 2.05) is 7.05 Å². The molecular weight excluding hydrogens is 323 g/mol. The number of aryl methyl sites for hydroxylation is 1. The number of ether oxygens (including phenoxy) is 1. The number of carbonyl (C=O) groups excluding carboxylic acids is 1. The van der Waals surface area contributed by atoms with Gasteiger partial charge in [-0.1, -0.05) is 0 Å². The molecule has 1 heterocycles. The molecule has 5 nitrogen and oxygen atoms in total. The first-order valence-corrected chi connectivity index (χ1v) is 8.78. The normalized spacial score (nSPS) is 21.0. The van der Waals surface area contributed by atoms with Crippen LogP contribution in [-0.4, -0.2) is 74.4 Å². The second-order valence-electron chi connectivity index (χ2n) is 7.07. The third-order valence-corrected chi connectivity index (χ3v) is 4.84. The maximum atomic E-state index is 13.3. The Labute approximate surface area is 149 Å². The summed E-state index contributed by atoms with van der Waals surface area (Å²) in [6.45, 7) is 5.39. The van der Waals surface area contributed by atoms with E-state index in [-0.39, 0.29) is 24.2 Å². The van der Waals surface area contributed by atoms with E-state index in [0.29, 0.717) is 36.7 Å². The summed E-state index contributed by atoms with van der Waals surface area (Å²) in [6.07, 6.45) is 0.903. The van der Waals surface area contributed by atoms with Crippen molar-refractivity contribution >= 4 is 5.91 Å². The lowest BCUT2D eigenvalue weighted by Gasteiger charge is -2.39. The lowest BCUT2D eigenvalue weighted by Crippen LogP contribution is -2.48. The Morgan fingerprint density at radius 2 is 2.12 bits per heavy atom. The number of likely N-dealkylation sites (N-methyl/N-ethyl adjacent to an activating group) is 1. The molecule has 1 saturated heterocycles. The van der Waals surface area contributed by atoms with Crippen LogP contribution in [0.1, 0.15) is 22.3 Å². The molecule has 1 amide bonds. The summed E-state index contributed by atoms with van der Waals surface area (Å²) in [7, 11) is 3.72. The molecule has 0 aromatic heterocycles. The third kappa shape index (κ3) is 5.49. The summed E-state index contributed by atoms with van der Waals surface area (Å²) in [6, 6.07) is 4.26. The Balaban J connectivity index is 2.07. The van der Waals surface area contributed by atoms with Crippen LogP contribution in [0.15, 0.2) is 18.2 Å². The zero-order valence-electron chi connectivity index (χ0n) is 15.4. The summed E-state index contributed by atoms with van der Waals surface area (Å²) < 4.78 is 18.4. The van der Waals surface area contributed by atoms with E-state index in [9.17, 15) is 14.3 Å². The monoisotopic (exact) mass is 352 g/mol. The number of rotatable bonds is 7. The van der Waals surface area contributed by atoms with Gasteiger partial charge in [0.05, 0.1) is 6.61 Å². The van der Waals surface area contributed by atoms with E-state index in [1.54, 1.807) is 25.0 Å².